The Labute approximate surface area is 246 Å². The van der Waals surface area contributed by atoms with Crippen LogP contribution < -0.4 is 15.5 Å². The molecule has 1 fully saturated rings. The zero-order valence-electron chi connectivity index (χ0n) is 24.5. The van der Waals surface area contributed by atoms with Gasteiger partial charge in [0.25, 0.3) is 5.92 Å². The molecule has 0 radical (unpaired) electrons. The number of rotatable bonds is 13. The summed E-state index contributed by atoms with van der Waals surface area (Å²) in [5.41, 5.74) is 4.15. The molecule has 2 aromatic heterocycles. The summed E-state index contributed by atoms with van der Waals surface area (Å²) < 4.78 is 27.3. The zero-order valence-corrected chi connectivity index (χ0v) is 24.5. The fourth-order valence-electron chi connectivity index (χ4n) is 4.28. The van der Waals surface area contributed by atoms with Gasteiger partial charge in [0.1, 0.15) is 17.8 Å². The second-order valence-electron chi connectivity index (χ2n) is 9.87. The van der Waals surface area contributed by atoms with Crippen molar-refractivity contribution < 1.29 is 8.78 Å². The first-order valence-corrected chi connectivity index (χ1v) is 13.9. The van der Waals surface area contributed by atoms with Crippen molar-refractivity contribution in [3.05, 3.63) is 73.9 Å². The van der Waals surface area contributed by atoms with Crippen molar-refractivity contribution in [2.75, 3.05) is 63.6 Å². The van der Waals surface area contributed by atoms with Crippen LogP contribution in [0, 0.1) is 0 Å². The molecule has 0 spiro atoms. The molecule has 3 aromatic rings. The number of allylic oxidation sites excluding steroid dienone is 3. The van der Waals surface area contributed by atoms with Crippen LogP contribution in [0.4, 0.5) is 20.3 Å². The third kappa shape index (κ3) is 9.71. The third-order valence-electron chi connectivity index (χ3n) is 6.67. The van der Waals surface area contributed by atoms with E-state index in [0.29, 0.717) is 18.0 Å². The summed E-state index contributed by atoms with van der Waals surface area (Å²) in [6.07, 6.45) is 7.82. The van der Waals surface area contributed by atoms with E-state index in [1.165, 1.54) is 6.33 Å². The minimum atomic E-state index is -2.60. The summed E-state index contributed by atoms with van der Waals surface area (Å²) in [6.45, 7) is 14.3. The molecule has 0 saturated carbocycles. The zero-order chi connectivity index (χ0) is 30.4. The number of alkyl halides is 2. The molecule has 4 rings (SSSR count). The number of anilines is 2. The average Bonchev–Trinajstić information content (AvgIpc) is 3.44. The van der Waals surface area contributed by atoms with E-state index in [1.54, 1.807) is 24.6 Å². The van der Waals surface area contributed by atoms with Gasteiger partial charge in [0.2, 0.25) is 0 Å². The molecule has 1 aliphatic heterocycles. The van der Waals surface area contributed by atoms with Gasteiger partial charge in [-0.05, 0) is 44.6 Å². The highest BCUT2D eigenvalue weighted by atomic mass is 19.3. The van der Waals surface area contributed by atoms with Crippen molar-refractivity contribution in [3.8, 4) is 11.3 Å². The first-order chi connectivity index (χ1) is 20.3. The Kier molecular flexibility index (Phi) is 12.5. The first-order valence-electron chi connectivity index (χ1n) is 13.9. The third-order valence-corrected chi connectivity index (χ3v) is 6.67. The van der Waals surface area contributed by atoms with Crippen LogP contribution >= 0.6 is 0 Å². The fourth-order valence-corrected chi connectivity index (χ4v) is 4.28. The molecule has 9 nitrogen and oxygen atoms in total. The van der Waals surface area contributed by atoms with E-state index in [9.17, 15) is 8.78 Å². The van der Waals surface area contributed by atoms with E-state index in [4.69, 9.17) is 0 Å². The van der Waals surface area contributed by atoms with E-state index in [1.807, 2.05) is 42.3 Å². The van der Waals surface area contributed by atoms with Crippen molar-refractivity contribution in [3.63, 3.8) is 0 Å². The smallest absolute Gasteiger partial charge is 0.251 e. The molecule has 1 saturated heterocycles. The second-order valence-corrected chi connectivity index (χ2v) is 9.87. The van der Waals surface area contributed by atoms with Crippen LogP contribution in [0.5, 0.6) is 0 Å². The molecule has 3 heterocycles. The number of hydrogen-bond donors (Lipinski definition) is 3. The molecule has 0 bridgehead atoms. The van der Waals surface area contributed by atoms with Crippen molar-refractivity contribution in [2.24, 2.45) is 9.98 Å². The standard InChI is InChI=1S/C27H35F2N9.C4H6/c1-30-10-14-37(3)15-11-32-18-22(17-31-2)35-21-6-4-20(5-7-21)24-16-23-25(36-24)33-19-34-26(23)38-12-8-27(28,29)9-13-38;1-3-4-2/h4-7,16-19,30,35H,2,8-15H2,1,3H3,(H,33,34,36);3-4H,1-2H2/b22-17+,32-18?;. The molecule has 11 heteroatoms. The van der Waals surface area contributed by atoms with E-state index >= 15 is 0 Å². The summed E-state index contributed by atoms with van der Waals surface area (Å²) in [7, 11) is 4.02. The number of hydrogen-bond acceptors (Lipinski definition) is 8. The number of aliphatic imine (C=N–C) groups is 2. The molecular weight excluding hydrogens is 536 g/mol. The number of aromatic amines is 1. The van der Waals surface area contributed by atoms with Crippen LogP contribution in [-0.4, -0.2) is 92.1 Å². The Bertz CT molecular complexity index is 1350. The Morgan fingerprint density at radius 1 is 1.14 bits per heavy atom. The van der Waals surface area contributed by atoms with Crippen LogP contribution in [0.2, 0.25) is 0 Å². The molecule has 0 amide bonds. The Morgan fingerprint density at radius 2 is 1.86 bits per heavy atom. The summed E-state index contributed by atoms with van der Waals surface area (Å²) in [4.78, 5) is 24.6. The normalized spacial score (nSPS) is 15.0. The number of fused-ring (bicyclic) bond motifs is 1. The van der Waals surface area contributed by atoms with Gasteiger partial charge in [-0.2, -0.15) is 0 Å². The SMILES string of the molecule is C=CC=C.C=N/C=C(\C=NCCN(C)CCNC)Nc1ccc(-c2cc3c(N4CCC(F)(F)CC4)ncnc3[nH]2)cc1. The van der Waals surface area contributed by atoms with Gasteiger partial charge in [-0.25, -0.2) is 18.7 Å². The summed E-state index contributed by atoms with van der Waals surface area (Å²) in [5, 5.41) is 7.28. The topological polar surface area (TPSA) is 96.8 Å². The maximum Gasteiger partial charge on any atom is 0.251 e. The highest BCUT2D eigenvalue weighted by Gasteiger charge is 2.35. The number of piperidine rings is 1. The van der Waals surface area contributed by atoms with E-state index in [0.717, 1.165) is 47.7 Å². The molecule has 1 aromatic carbocycles. The van der Waals surface area contributed by atoms with Crippen LogP contribution in [0.15, 0.2) is 83.9 Å². The van der Waals surface area contributed by atoms with Gasteiger partial charge in [-0.3, -0.25) is 9.98 Å². The number of benzene rings is 1. The van der Waals surface area contributed by atoms with Crippen molar-refractivity contribution in [2.45, 2.75) is 18.8 Å². The van der Waals surface area contributed by atoms with Gasteiger partial charge < -0.3 is 25.4 Å². The quantitative estimate of drug-likeness (QED) is 0.186. The number of nitrogens with zero attached hydrogens (tertiary/aromatic N) is 6. The van der Waals surface area contributed by atoms with E-state index in [-0.39, 0.29) is 25.9 Å². The molecule has 0 unspecified atom stereocenters. The largest absolute Gasteiger partial charge is 0.356 e. The average molecular weight is 578 g/mol. The van der Waals surface area contributed by atoms with Gasteiger partial charge in [-0.15, -0.1) is 0 Å². The summed E-state index contributed by atoms with van der Waals surface area (Å²) in [6, 6.07) is 9.91. The van der Waals surface area contributed by atoms with Crippen LogP contribution in [0.1, 0.15) is 12.8 Å². The Balaban J connectivity index is 0.00000114. The number of aromatic nitrogens is 3. The van der Waals surface area contributed by atoms with Crippen LogP contribution in [-0.2, 0) is 0 Å². The minimum absolute atomic E-state index is 0.166. The number of halogens is 2. The van der Waals surface area contributed by atoms with Crippen molar-refractivity contribution >= 4 is 35.5 Å². The minimum Gasteiger partial charge on any atom is -0.356 e. The monoisotopic (exact) mass is 577 g/mol. The highest BCUT2D eigenvalue weighted by Crippen LogP contribution is 2.34. The molecular formula is C31H41F2N9. The summed E-state index contributed by atoms with van der Waals surface area (Å²) >= 11 is 0. The lowest BCUT2D eigenvalue weighted by atomic mass is 10.1. The van der Waals surface area contributed by atoms with Crippen molar-refractivity contribution in [1.82, 2.24) is 25.2 Å². The lowest BCUT2D eigenvalue weighted by Crippen LogP contribution is -2.39. The number of nitrogens with one attached hydrogen (secondary N) is 3. The van der Waals surface area contributed by atoms with Crippen LogP contribution in [0.25, 0.3) is 22.3 Å². The summed E-state index contributed by atoms with van der Waals surface area (Å²) in [5.74, 6) is -1.92. The lowest BCUT2D eigenvalue weighted by Gasteiger charge is -2.32. The van der Waals surface area contributed by atoms with E-state index in [2.05, 4.69) is 67.4 Å². The highest BCUT2D eigenvalue weighted by molar-refractivity contribution is 5.92. The van der Waals surface area contributed by atoms with Gasteiger partial charge in [0.05, 0.1) is 23.8 Å². The molecule has 224 valence electrons. The van der Waals surface area contributed by atoms with Crippen LogP contribution in [0.3, 0.4) is 0 Å². The fraction of sp³-hybridized carbons (Fsp3) is 0.355. The molecule has 0 aliphatic carbocycles. The molecule has 1 aliphatic rings. The Hall–Kier alpha value is -4.22. The maximum absolute atomic E-state index is 13.6. The number of H-pyrrole nitrogens is 1. The molecule has 42 heavy (non-hydrogen) atoms. The van der Waals surface area contributed by atoms with Gasteiger partial charge in [0, 0.05) is 63.2 Å². The van der Waals surface area contributed by atoms with Crippen molar-refractivity contribution in [1.29, 1.82) is 0 Å². The second kappa shape index (κ2) is 16.3. The predicted molar refractivity (Wildman–Crippen MR) is 172 cm³/mol. The van der Waals surface area contributed by atoms with Gasteiger partial charge >= 0.3 is 0 Å². The predicted octanol–water partition coefficient (Wildman–Crippen LogP) is 5.39. The Morgan fingerprint density at radius 3 is 2.50 bits per heavy atom. The van der Waals surface area contributed by atoms with Gasteiger partial charge in [-0.1, -0.05) is 37.4 Å². The number of likely N-dealkylation sites (N-methyl/N-ethyl adjacent to an activating group) is 2. The molecule has 3 N–H and O–H groups in total. The lowest BCUT2D eigenvalue weighted by molar-refractivity contribution is -0.0221. The van der Waals surface area contributed by atoms with Gasteiger partial charge in [0.15, 0.2) is 0 Å². The van der Waals surface area contributed by atoms with E-state index < -0.39 is 5.92 Å². The molecule has 0 atom stereocenters. The maximum atomic E-state index is 13.6. The first kappa shape index (κ1) is 32.3.